The Morgan fingerprint density at radius 1 is 1.10 bits per heavy atom. The highest BCUT2D eigenvalue weighted by Crippen LogP contribution is 2.39. The Balaban J connectivity index is 1.37. The van der Waals surface area contributed by atoms with Gasteiger partial charge in [-0.2, -0.15) is 0 Å². The number of pyridine rings is 1. The second-order valence-electron chi connectivity index (χ2n) is 10.4. The fraction of sp³-hybridized carbons (Fsp3) is 0.615. The number of carbonyl (C=O) groups is 1. The molecule has 1 unspecified atom stereocenters. The zero-order chi connectivity index (χ0) is 22.2. The van der Waals surface area contributed by atoms with Crippen molar-refractivity contribution in [3.05, 3.63) is 36.0 Å². The van der Waals surface area contributed by atoms with Gasteiger partial charge in [0.2, 0.25) is 0 Å². The molecule has 168 valence electrons. The predicted octanol–water partition coefficient (Wildman–Crippen LogP) is 5.38. The minimum absolute atomic E-state index is 0.00826. The Kier molecular flexibility index (Phi) is 6.25. The van der Waals surface area contributed by atoms with Crippen LogP contribution in [0.3, 0.4) is 0 Å². The first-order valence-electron chi connectivity index (χ1n) is 11.6. The van der Waals surface area contributed by atoms with Crippen molar-refractivity contribution in [1.82, 2.24) is 9.88 Å². The normalized spacial score (nSPS) is 23.9. The number of esters is 1. The van der Waals surface area contributed by atoms with E-state index in [2.05, 4.69) is 62.9 Å². The van der Waals surface area contributed by atoms with Gasteiger partial charge in [0.05, 0.1) is 30.3 Å². The van der Waals surface area contributed by atoms with Crippen molar-refractivity contribution in [1.29, 1.82) is 0 Å². The van der Waals surface area contributed by atoms with Gasteiger partial charge in [-0.15, -0.1) is 0 Å². The Bertz CT molecular complexity index is 922. The molecule has 1 aliphatic heterocycles. The zero-order valence-corrected chi connectivity index (χ0v) is 19.6. The number of aromatic nitrogens is 1. The van der Waals surface area contributed by atoms with E-state index in [0.717, 1.165) is 54.2 Å². The molecule has 1 saturated carbocycles. The largest absolute Gasteiger partial charge is 0.490 e. The van der Waals surface area contributed by atoms with E-state index in [9.17, 15) is 4.79 Å². The molecule has 1 aliphatic carbocycles. The summed E-state index contributed by atoms with van der Waals surface area (Å²) in [7, 11) is 1.45. The molecule has 0 N–H and O–H groups in total. The summed E-state index contributed by atoms with van der Waals surface area (Å²) >= 11 is 0. The second kappa shape index (κ2) is 8.78. The Morgan fingerprint density at radius 2 is 1.81 bits per heavy atom. The van der Waals surface area contributed by atoms with Crippen LogP contribution in [-0.4, -0.2) is 42.2 Å². The van der Waals surface area contributed by atoms with Crippen molar-refractivity contribution < 1.29 is 14.3 Å². The molecule has 2 aromatic rings. The predicted molar refractivity (Wildman–Crippen MR) is 123 cm³/mol. The molecule has 31 heavy (non-hydrogen) atoms. The zero-order valence-electron chi connectivity index (χ0n) is 19.6. The van der Waals surface area contributed by atoms with Crippen molar-refractivity contribution in [2.24, 2.45) is 17.3 Å². The number of methoxy groups -OCH3 is 1. The molecule has 0 amide bonds. The molecule has 5 nitrogen and oxygen atoms in total. The second-order valence-corrected chi connectivity index (χ2v) is 10.4. The SMILES string of the molecule is COC(=O)C1CN(C(C)c2ccc3cc(O[C@H]4CC[C@H](C(C)(C)C)CC4)ccc3n2)C1. The van der Waals surface area contributed by atoms with Gasteiger partial charge in [-0.3, -0.25) is 14.7 Å². The first-order valence-corrected chi connectivity index (χ1v) is 11.6. The molecular formula is C26H36N2O3. The van der Waals surface area contributed by atoms with E-state index in [1.165, 1.54) is 20.0 Å². The lowest BCUT2D eigenvalue weighted by molar-refractivity contribution is -0.152. The lowest BCUT2D eigenvalue weighted by Gasteiger charge is -2.41. The Morgan fingerprint density at radius 3 is 2.45 bits per heavy atom. The molecule has 0 bridgehead atoms. The molecule has 4 rings (SSSR count). The van der Waals surface area contributed by atoms with Gasteiger partial charge in [0.25, 0.3) is 0 Å². The first-order chi connectivity index (χ1) is 14.7. The Hall–Kier alpha value is -2.14. The van der Waals surface area contributed by atoms with E-state index in [1.54, 1.807) is 0 Å². The van der Waals surface area contributed by atoms with Crippen LogP contribution in [0.5, 0.6) is 5.75 Å². The van der Waals surface area contributed by atoms with Crippen molar-refractivity contribution >= 4 is 16.9 Å². The number of rotatable bonds is 5. The number of benzene rings is 1. The highest BCUT2D eigenvalue weighted by molar-refractivity contribution is 5.80. The maximum atomic E-state index is 11.6. The van der Waals surface area contributed by atoms with Gasteiger partial charge in [0.15, 0.2) is 0 Å². The van der Waals surface area contributed by atoms with E-state index < -0.39 is 0 Å². The summed E-state index contributed by atoms with van der Waals surface area (Å²) in [5, 5.41) is 1.10. The van der Waals surface area contributed by atoms with Crippen LogP contribution in [0, 0.1) is 17.3 Å². The average molecular weight is 425 g/mol. The van der Waals surface area contributed by atoms with Crippen LogP contribution in [0.2, 0.25) is 0 Å². The molecule has 0 radical (unpaired) electrons. The molecular weight excluding hydrogens is 388 g/mol. The number of hydrogen-bond donors (Lipinski definition) is 0. The monoisotopic (exact) mass is 424 g/mol. The smallest absolute Gasteiger partial charge is 0.311 e. The van der Waals surface area contributed by atoms with E-state index in [4.69, 9.17) is 14.5 Å². The van der Waals surface area contributed by atoms with Gasteiger partial charge in [0.1, 0.15) is 5.75 Å². The first kappa shape index (κ1) is 22.1. The summed E-state index contributed by atoms with van der Waals surface area (Å²) < 4.78 is 11.2. The van der Waals surface area contributed by atoms with Crippen LogP contribution in [-0.2, 0) is 9.53 Å². The molecule has 0 spiro atoms. The Labute approximate surface area is 186 Å². The summed E-state index contributed by atoms with van der Waals surface area (Å²) in [6.07, 6.45) is 5.08. The van der Waals surface area contributed by atoms with Crippen molar-refractivity contribution in [3.8, 4) is 5.75 Å². The lowest BCUT2D eigenvalue weighted by Crippen LogP contribution is -2.51. The molecule has 2 fully saturated rings. The fourth-order valence-electron chi connectivity index (χ4n) is 5.00. The van der Waals surface area contributed by atoms with Crippen molar-refractivity contribution in [3.63, 3.8) is 0 Å². The summed E-state index contributed by atoms with van der Waals surface area (Å²) in [6, 6.07) is 10.6. The van der Waals surface area contributed by atoms with Crippen molar-refractivity contribution in [2.75, 3.05) is 20.2 Å². The van der Waals surface area contributed by atoms with Gasteiger partial charge in [-0.05, 0) is 68.2 Å². The maximum absolute atomic E-state index is 11.6. The number of likely N-dealkylation sites (tertiary alicyclic amines) is 1. The molecule has 2 aliphatic rings. The van der Waals surface area contributed by atoms with Gasteiger partial charge < -0.3 is 9.47 Å². The number of nitrogens with zero attached hydrogens (tertiary/aromatic N) is 2. The molecule has 1 saturated heterocycles. The minimum atomic E-state index is -0.116. The van der Waals surface area contributed by atoms with Crippen LogP contribution in [0.25, 0.3) is 10.9 Å². The quantitative estimate of drug-likeness (QED) is 0.603. The highest BCUT2D eigenvalue weighted by Gasteiger charge is 2.36. The molecule has 1 aromatic heterocycles. The van der Waals surface area contributed by atoms with E-state index >= 15 is 0 Å². The average Bonchev–Trinajstić information content (AvgIpc) is 2.71. The van der Waals surface area contributed by atoms with E-state index in [1.807, 2.05) is 0 Å². The maximum Gasteiger partial charge on any atom is 0.311 e. The minimum Gasteiger partial charge on any atom is -0.490 e. The van der Waals surface area contributed by atoms with Crippen LogP contribution in [0.15, 0.2) is 30.3 Å². The summed E-state index contributed by atoms with van der Waals surface area (Å²) in [4.78, 5) is 18.8. The van der Waals surface area contributed by atoms with Crippen LogP contribution >= 0.6 is 0 Å². The van der Waals surface area contributed by atoms with Gasteiger partial charge in [0, 0.05) is 24.5 Å². The lowest BCUT2D eigenvalue weighted by atomic mass is 9.72. The molecule has 2 heterocycles. The number of ether oxygens (including phenoxy) is 2. The molecule has 1 atom stereocenters. The third-order valence-electron chi connectivity index (χ3n) is 7.30. The molecule has 1 aromatic carbocycles. The van der Waals surface area contributed by atoms with Crippen LogP contribution in [0.1, 0.15) is 65.1 Å². The summed E-state index contributed by atoms with van der Waals surface area (Å²) in [5.41, 5.74) is 2.41. The van der Waals surface area contributed by atoms with Gasteiger partial charge >= 0.3 is 5.97 Å². The third kappa shape index (κ3) is 4.87. The van der Waals surface area contributed by atoms with Crippen LogP contribution < -0.4 is 4.74 Å². The summed E-state index contributed by atoms with van der Waals surface area (Å²) in [6.45, 7) is 10.7. The third-order valence-corrected chi connectivity index (χ3v) is 7.30. The van der Waals surface area contributed by atoms with Crippen LogP contribution in [0.4, 0.5) is 0 Å². The topological polar surface area (TPSA) is 51.7 Å². The van der Waals surface area contributed by atoms with Gasteiger partial charge in [-0.1, -0.05) is 26.8 Å². The molecule has 5 heteroatoms. The summed E-state index contributed by atoms with van der Waals surface area (Å²) in [5.74, 6) is 1.61. The van der Waals surface area contributed by atoms with E-state index in [-0.39, 0.29) is 17.9 Å². The van der Waals surface area contributed by atoms with E-state index in [0.29, 0.717) is 11.5 Å². The fourth-order valence-corrected chi connectivity index (χ4v) is 5.00. The highest BCUT2D eigenvalue weighted by atomic mass is 16.5. The number of hydrogen-bond acceptors (Lipinski definition) is 5. The van der Waals surface area contributed by atoms with Gasteiger partial charge in [-0.25, -0.2) is 0 Å². The standard InChI is InChI=1S/C26H36N2O3/c1-17(28-15-19(16-28)25(29)30-5)23-12-6-18-14-22(11-13-24(18)27-23)31-21-9-7-20(8-10-21)26(2,3)4/h6,11-14,17,19-21H,7-10,15-16H2,1-5H3/t17?,20-,21-. The number of fused-ring (bicyclic) bond motifs is 1. The number of carbonyl (C=O) groups excluding carboxylic acids is 1. The van der Waals surface area contributed by atoms with Crippen molar-refractivity contribution in [2.45, 2.75) is 65.5 Å².